The van der Waals surface area contributed by atoms with E-state index < -0.39 is 0 Å². The molecule has 8 nitrogen and oxygen atoms in total. The number of nitrogens with zero attached hydrogens (tertiary/aromatic N) is 8. The minimum absolute atomic E-state index is 0.417. The molecule has 8 heteroatoms. The Morgan fingerprint density at radius 1 is 0.500 bits per heavy atom. The van der Waals surface area contributed by atoms with Gasteiger partial charge < -0.3 is 9.13 Å². The van der Waals surface area contributed by atoms with Crippen LogP contribution in [0.3, 0.4) is 0 Å². The first kappa shape index (κ1) is 27.8. The Balaban J connectivity index is 1.59. The van der Waals surface area contributed by atoms with Crippen LogP contribution in [0.4, 0.5) is 11.4 Å². The number of nitriles is 3. The first-order chi connectivity index (χ1) is 23.6. The maximum atomic E-state index is 10.5. The number of aromatic nitrogens is 3. The monoisotopic (exact) mass is 610 g/mol. The SMILES string of the molecule is [C-]#[N+]c1ccc2c(c1)c1cc([N+]#[C-])ccc1n2-c1cc(C#N)cc(-n2c3ccc(C#N)cc3c3cc(C#N)ccc32)c1-c1ccncc1. The highest BCUT2D eigenvalue weighted by Gasteiger charge is 2.23. The van der Waals surface area contributed by atoms with E-state index in [2.05, 4.69) is 42.0 Å². The van der Waals surface area contributed by atoms with E-state index in [1.54, 1.807) is 36.7 Å². The molecule has 0 aliphatic carbocycles. The van der Waals surface area contributed by atoms with Crippen LogP contribution in [-0.2, 0) is 0 Å². The minimum atomic E-state index is 0.417. The number of pyridine rings is 1. The largest absolute Gasteiger partial charge is 0.309 e. The molecule has 218 valence electrons. The lowest BCUT2D eigenvalue weighted by Gasteiger charge is -2.21. The van der Waals surface area contributed by atoms with Gasteiger partial charge >= 0.3 is 0 Å². The van der Waals surface area contributed by atoms with Crippen LogP contribution < -0.4 is 0 Å². The second-order valence-electron chi connectivity index (χ2n) is 11.2. The van der Waals surface area contributed by atoms with Crippen molar-refractivity contribution in [1.29, 1.82) is 15.8 Å². The van der Waals surface area contributed by atoms with Crippen LogP contribution in [0.1, 0.15) is 16.7 Å². The first-order valence-electron chi connectivity index (χ1n) is 14.8. The predicted molar refractivity (Wildman–Crippen MR) is 185 cm³/mol. The van der Waals surface area contributed by atoms with E-state index in [1.165, 1.54) is 0 Å². The van der Waals surface area contributed by atoms with E-state index in [0.717, 1.165) is 66.1 Å². The molecule has 0 amide bonds. The third-order valence-corrected chi connectivity index (χ3v) is 8.69. The zero-order valence-electron chi connectivity index (χ0n) is 25.0. The Morgan fingerprint density at radius 3 is 1.33 bits per heavy atom. The lowest BCUT2D eigenvalue weighted by atomic mass is 9.99. The fourth-order valence-corrected chi connectivity index (χ4v) is 6.66. The summed E-state index contributed by atoms with van der Waals surface area (Å²) in [4.78, 5) is 11.6. The van der Waals surface area contributed by atoms with Crippen LogP contribution in [0.2, 0.25) is 0 Å². The zero-order chi connectivity index (χ0) is 32.9. The van der Waals surface area contributed by atoms with E-state index in [0.29, 0.717) is 28.1 Å². The molecular weight excluding hydrogens is 592 g/mol. The van der Waals surface area contributed by atoms with Crippen molar-refractivity contribution in [1.82, 2.24) is 14.1 Å². The molecule has 0 spiro atoms. The third kappa shape index (κ3) is 4.08. The maximum Gasteiger partial charge on any atom is 0.188 e. The molecule has 0 fully saturated rings. The van der Waals surface area contributed by atoms with Crippen molar-refractivity contribution in [2.24, 2.45) is 0 Å². The summed E-state index contributed by atoms with van der Waals surface area (Å²) >= 11 is 0. The first-order valence-corrected chi connectivity index (χ1v) is 14.8. The summed E-state index contributed by atoms with van der Waals surface area (Å²) in [5.74, 6) is 0. The molecule has 3 aromatic heterocycles. The molecule has 0 radical (unpaired) electrons. The smallest absolute Gasteiger partial charge is 0.188 e. The summed E-state index contributed by atoms with van der Waals surface area (Å²) in [5.41, 5.74) is 8.71. The van der Waals surface area contributed by atoms with Crippen molar-refractivity contribution in [2.45, 2.75) is 0 Å². The second kappa shape index (κ2) is 10.7. The van der Waals surface area contributed by atoms with E-state index >= 15 is 0 Å². The highest BCUT2D eigenvalue weighted by molar-refractivity contribution is 6.13. The Labute approximate surface area is 274 Å². The van der Waals surface area contributed by atoms with Crippen LogP contribution in [0.5, 0.6) is 0 Å². The average Bonchev–Trinajstić information content (AvgIpc) is 3.65. The summed E-state index contributed by atoms with van der Waals surface area (Å²) in [6.07, 6.45) is 3.45. The van der Waals surface area contributed by atoms with Crippen molar-refractivity contribution >= 4 is 55.0 Å². The predicted octanol–water partition coefficient (Wildman–Crippen LogP) is 9.66. The summed E-state index contributed by atoms with van der Waals surface area (Å²) in [6, 6.07) is 36.4. The fourth-order valence-electron chi connectivity index (χ4n) is 6.66. The van der Waals surface area contributed by atoms with Crippen LogP contribution in [0.15, 0.2) is 109 Å². The highest BCUT2D eigenvalue weighted by Crippen LogP contribution is 2.43. The van der Waals surface area contributed by atoms with Crippen molar-refractivity contribution in [3.05, 3.63) is 149 Å². The normalized spacial score (nSPS) is 10.8. The van der Waals surface area contributed by atoms with Gasteiger partial charge in [0.15, 0.2) is 11.4 Å². The van der Waals surface area contributed by atoms with Crippen molar-refractivity contribution in [2.75, 3.05) is 0 Å². The van der Waals surface area contributed by atoms with Gasteiger partial charge in [-0.1, -0.05) is 12.1 Å². The fraction of sp³-hybridized carbons (Fsp3) is 0. The number of hydrogen-bond donors (Lipinski definition) is 0. The topological polar surface area (TPSA) is 103 Å². The van der Waals surface area contributed by atoms with Gasteiger partial charge in [0.05, 0.1) is 81.5 Å². The molecule has 0 bridgehead atoms. The maximum absolute atomic E-state index is 10.5. The highest BCUT2D eigenvalue weighted by atomic mass is 15.0. The van der Waals surface area contributed by atoms with Crippen molar-refractivity contribution < 1.29 is 0 Å². The molecule has 0 atom stereocenters. The van der Waals surface area contributed by atoms with Gasteiger partial charge in [-0.2, -0.15) is 15.8 Å². The molecule has 3 heterocycles. The number of rotatable bonds is 3. The van der Waals surface area contributed by atoms with Crippen LogP contribution in [0.25, 0.3) is 75.8 Å². The van der Waals surface area contributed by atoms with Gasteiger partial charge in [0.25, 0.3) is 0 Å². The third-order valence-electron chi connectivity index (χ3n) is 8.69. The van der Waals surface area contributed by atoms with Gasteiger partial charge in [-0.25, -0.2) is 9.69 Å². The van der Waals surface area contributed by atoms with Crippen LogP contribution >= 0.6 is 0 Å². The number of fused-ring (bicyclic) bond motifs is 6. The summed E-state index contributed by atoms with van der Waals surface area (Å²) in [7, 11) is 0. The zero-order valence-corrected chi connectivity index (χ0v) is 25.0. The molecule has 8 aromatic rings. The second-order valence-corrected chi connectivity index (χ2v) is 11.2. The van der Waals surface area contributed by atoms with Gasteiger partial charge in [0, 0.05) is 28.7 Å². The molecule has 0 unspecified atom stereocenters. The molecule has 0 saturated carbocycles. The van der Waals surface area contributed by atoms with Gasteiger partial charge in [-0.05, 0) is 101 Å². The van der Waals surface area contributed by atoms with E-state index in [-0.39, 0.29) is 0 Å². The summed E-state index contributed by atoms with van der Waals surface area (Å²) < 4.78 is 4.16. The molecule has 0 aliphatic rings. The minimum Gasteiger partial charge on any atom is -0.309 e. The van der Waals surface area contributed by atoms with Crippen molar-refractivity contribution in [3.63, 3.8) is 0 Å². The van der Waals surface area contributed by atoms with Crippen LogP contribution in [-0.4, -0.2) is 14.1 Å². The summed E-state index contributed by atoms with van der Waals surface area (Å²) in [6.45, 7) is 15.3. The van der Waals surface area contributed by atoms with Gasteiger partial charge in [-0.15, -0.1) is 0 Å². The van der Waals surface area contributed by atoms with E-state index in [1.807, 2.05) is 72.8 Å². The molecule has 8 rings (SSSR count). The Hall–Kier alpha value is -7.70. The standard InChI is InChI=1S/C40H18N8/c1-44-28-5-9-36-32(19-28)33-20-29(45-2)6-10-37(33)48(36)39-18-26(23-43)17-38(40(39)27-11-13-46-14-12-27)47-34-7-3-24(21-41)15-30(34)31-16-25(22-42)4-8-35(31)47/h3-20H. The van der Waals surface area contributed by atoms with Gasteiger partial charge in [0.1, 0.15) is 0 Å². The molecular formula is C40H18N8. The molecule has 5 aromatic carbocycles. The lowest BCUT2D eigenvalue weighted by Crippen LogP contribution is -2.05. The number of hydrogen-bond acceptors (Lipinski definition) is 4. The Kier molecular flexibility index (Phi) is 6.22. The molecule has 0 aliphatic heterocycles. The van der Waals surface area contributed by atoms with E-state index in [4.69, 9.17) is 13.1 Å². The van der Waals surface area contributed by atoms with Gasteiger partial charge in [0.2, 0.25) is 0 Å². The molecule has 0 N–H and O–H groups in total. The van der Waals surface area contributed by atoms with Crippen molar-refractivity contribution in [3.8, 4) is 40.7 Å². The lowest BCUT2D eigenvalue weighted by molar-refractivity contribution is 1.13. The number of benzene rings is 5. The molecule has 48 heavy (non-hydrogen) atoms. The average molecular weight is 611 g/mol. The van der Waals surface area contributed by atoms with Gasteiger partial charge in [-0.3, -0.25) is 4.98 Å². The summed E-state index contributed by atoms with van der Waals surface area (Å²) in [5, 5.41) is 33.2. The van der Waals surface area contributed by atoms with E-state index in [9.17, 15) is 15.8 Å². The Morgan fingerprint density at radius 2 is 0.917 bits per heavy atom. The van der Waals surface area contributed by atoms with Crippen LogP contribution in [0, 0.1) is 47.1 Å². The molecule has 0 saturated heterocycles. The quantitative estimate of drug-likeness (QED) is 0.186. The Bertz CT molecular complexity index is 2580.